The van der Waals surface area contributed by atoms with Gasteiger partial charge in [0.15, 0.2) is 0 Å². The Kier molecular flexibility index (Phi) is 2.87. The average Bonchev–Trinajstić information content (AvgIpc) is 2.50. The number of aromatic nitrogens is 2. The minimum atomic E-state index is -0.299. The molecule has 0 unspecified atom stereocenters. The predicted octanol–water partition coefficient (Wildman–Crippen LogP) is 1.28. The highest BCUT2D eigenvalue weighted by molar-refractivity contribution is 6.62. The molecule has 4 nitrogen and oxygen atoms in total. The van der Waals surface area contributed by atoms with Crippen LogP contribution in [0, 0.1) is 12.3 Å². The number of hydrogen-bond acceptors (Lipinski definition) is 3. The van der Waals surface area contributed by atoms with Gasteiger partial charge in [-0.05, 0) is 20.8 Å². The average molecular weight is 236 g/mol. The second-order valence-electron chi connectivity index (χ2n) is 6.00. The van der Waals surface area contributed by atoms with E-state index in [1.165, 1.54) is 0 Å². The highest BCUT2D eigenvalue weighted by Gasteiger charge is 2.47. The minimum Gasteiger partial charge on any atom is -0.407 e. The summed E-state index contributed by atoms with van der Waals surface area (Å²) < 4.78 is 13.7. The molecule has 0 radical (unpaired) electrons. The van der Waals surface area contributed by atoms with Crippen LogP contribution < -0.4 is 5.46 Å². The van der Waals surface area contributed by atoms with Crippen LogP contribution in [0.2, 0.25) is 0 Å². The molecule has 0 aliphatic carbocycles. The fraction of sp³-hybridized carbons (Fsp3) is 0.750. The molecule has 2 heterocycles. The van der Waals surface area contributed by atoms with Gasteiger partial charge in [-0.15, -0.1) is 0 Å². The van der Waals surface area contributed by atoms with E-state index in [-0.39, 0.29) is 18.1 Å². The summed E-state index contributed by atoms with van der Waals surface area (Å²) >= 11 is 0. The van der Waals surface area contributed by atoms with Gasteiger partial charge < -0.3 is 9.31 Å². The molecule has 1 fully saturated rings. The van der Waals surface area contributed by atoms with Gasteiger partial charge in [0.25, 0.3) is 0 Å². The van der Waals surface area contributed by atoms with Crippen molar-refractivity contribution < 1.29 is 9.31 Å². The van der Waals surface area contributed by atoms with Gasteiger partial charge in [-0.3, -0.25) is 4.68 Å². The number of rotatable bonds is 1. The zero-order chi connectivity index (χ0) is 12.8. The third kappa shape index (κ3) is 2.14. The van der Waals surface area contributed by atoms with E-state index in [0.717, 1.165) is 11.2 Å². The minimum absolute atomic E-state index is 0.0135. The fourth-order valence-electron chi connectivity index (χ4n) is 1.92. The molecular formula is C12H21BN2O2. The zero-order valence-electron chi connectivity index (χ0n) is 11.6. The molecule has 2 rings (SSSR count). The maximum atomic E-state index is 6.09. The molecule has 0 bridgehead atoms. The Morgan fingerprint density at radius 2 is 2.00 bits per heavy atom. The topological polar surface area (TPSA) is 36.3 Å². The molecule has 1 aromatic heterocycles. The summed E-state index contributed by atoms with van der Waals surface area (Å²) in [4.78, 5) is 0. The van der Waals surface area contributed by atoms with Gasteiger partial charge in [0.1, 0.15) is 0 Å². The summed E-state index contributed by atoms with van der Waals surface area (Å²) in [7, 11) is 1.61. The quantitative estimate of drug-likeness (QED) is 0.689. The Morgan fingerprint density at radius 1 is 1.35 bits per heavy atom. The summed E-state index contributed by atoms with van der Waals surface area (Å²) in [5.41, 5.74) is 1.79. The van der Waals surface area contributed by atoms with Crippen LogP contribution in [-0.2, 0) is 16.4 Å². The third-order valence-electron chi connectivity index (χ3n) is 3.93. The van der Waals surface area contributed by atoms with Crippen LogP contribution >= 0.6 is 0 Å². The number of nitrogens with zero attached hydrogens (tertiary/aromatic N) is 2. The van der Waals surface area contributed by atoms with Crippen molar-refractivity contribution in [3.8, 4) is 0 Å². The van der Waals surface area contributed by atoms with Crippen molar-refractivity contribution in [2.45, 2.75) is 40.2 Å². The third-order valence-corrected chi connectivity index (χ3v) is 3.93. The van der Waals surface area contributed by atoms with Crippen molar-refractivity contribution in [2.24, 2.45) is 12.5 Å². The Labute approximate surface area is 103 Å². The van der Waals surface area contributed by atoms with Crippen molar-refractivity contribution >= 4 is 12.6 Å². The van der Waals surface area contributed by atoms with E-state index in [9.17, 15) is 0 Å². The first kappa shape index (κ1) is 12.6. The van der Waals surface area contributed by atoms with Crippen LogP contribution in [0.15, 0.2) is 6.20 Å². The van der Waals surface area contributed by atoms with E-state index in [4.69, 9.17) is 9.31 Å². The van der Waals surface area contributed by atoms with Gasteiger partial charge >= 0.3 is 7.12 Å². The summed E-state index contributed by atoms with van der Waals surface area (Å²) in [6.45, 7) is 11.2. The summed E-state index contributed by atoms with van der Waals surface area (Å²) in [5.74, 6) is 0. The normalized spacial score (nSPS) is 22.8. The van der Waals surface area contributed by atoms with Crippen LogP contribution in [0.3, 0.4) is 0 Å². The van der Waals surface area contributed by atoms with Crippen LogP contribution in [0.5, 0.6) is 0 Å². The first-order valence-electron chi connectivity index (χ1n) is 6.02. The van der Waals surface area contributed by atoms with E-state index in [1.807, 2.05) is 20.2 Å². The first-order chi connectivity index (χ1) is 7.73. The number of hydrogen-bond donors (Lipinski definition) is 0. The van der Waals surface area contributed by atoms with E-state index < -0.39 is 0 Å². The maximum Gasteiger partial charge on any atom is 0.497 e. The Hall–Kier alpha value is -0.805. The molecule has 0 amide bonds. The molecule has 1 saturated heterocycles. The fourth-order valence-corrected chi connectivity index (χ4v) is 1.92. The number of aryl methyl sites for hydroxylation is 2. The van der Waals surface area contributed by atoms with Crippen LogP contribution in [0.25, 0.3) is 0 Å². The zero-order valence-corrected chi connectivity index (χ0v) is 11.6. The molecule has 0 atom stereocenters. The van der Waals surface area contributed by atoms with Crippen LogP contribution in [0.4, 0.5) is 0 Å². The van der Waals surface area contributed by atoms with E-state index in [1.54, 1.807) is 4.68 Å². The highest BCUT2D eigenvalue weighted by Crippen LogP contribution is 2.38. The lowest BCUT2D eigenvalue weighted by atomic mass is 9.69. The van der Waals surface area contributed by atoms with Crippen molar-refractivity contribution in [1.82, 2.24) is 9.78 Å². The second-order valence-corrected chi connectivity index (χ2v) is 6.00. The highest BCUT2D eigenvalue weighted by atomic mass is 16.6. The SMILES string of the molecule is Cc1nn(C)cc1B1OCC(C)(C)C(C)(C)O1. The predicted molar refractivity (Wildman–Crippen MR) is 68.2 cm³/mol. The molecule has 1 aromatic rings. The van der Waals surface area contributed by atoms with Gasteiger partial charge in [0.2, 0.25) is 0 Å². The van der Waals surface area contributed by atoms with E-state index in [2.05, 4.69) is 32.8 Å². The van der Waals surface area contributed by atoms with Gasteiger partial charge in [-0.2, -0.15) is 5.10 Å². The van der Waals surface area contributed by atoms with Gasteiger partial charge in [-0.25, -0.2) is 0 Å². The maximum absolute atomic E-state index is 6.09. The molecule has 0 saturated carbocycles. The van der Waals surface area contributed by atoms with Gasteiger partial charge in [-0.1, -0.05) is 13.8 Å². The lowest BCUT2D eigenvalue weighted by molar-refractivity contribution is -0.0937. The lowest BCUT2D eigenvalue weighted by Gasteiger charge is -2.47. The van der Waals surface area contributed by atoms with Crippen molar-refractivity contribution in [3.05, 3.63) is 11.9 Å². The Morgan fingerprint density at radius 3 is 2.47 bits per heavy atom. The standard InChI is InChI=1S/C12H21BN2O2/c1-9-10(7-15(6)14-9)13-16-8-11(2,3)12(4,5)17-13/h7H,8H2,1-6H3. The van der Waals surface area contributed by atoms with Crippen molar-refractivity contribution in [1.29, 1.82) is 0 Å². The molecule has 94 valence electrons. The molecule has 1 aliphatic heterocycles. The molecule has 17 heavy (non-hydrogen) atoms. The summed E-state index contributed by atoms with van der Waals surface area (Å²) in [5, 5.41) is 4.33. The molecule has 0 spiro atoms. The lowest BCUT2D eigenvalue weighted by Crippen LogP contribution is -2.58. The van der Waals surface area contributed by atoms with Crippen LogP contribution in [0.1, 0.15) is 33.4 Å². The monoisotopic (exact) mass is 236 g/mol. The molecule has 0 N–H and O–H groups in total. The smallest absolute Gasteiger partial charge is 0.407 e. The molecular weight excluding hydrogens is 215 g/mol. The Balaban J connectivity index is 2.24. The largest absolute Gasteiger partial charge is 0.497 e. The summed E-state index contributed by atoms with van der Waals surface area (Å²) in [6, 6.07) is 0. The molecule has 5 heteroatoms. The van der Waals surface area contributed by atoms with E-state index in [0.29, 0.717) is 6.61 Å². The van der Waals surface area contributed by atoms with Gasteiger partial charge in [0.05, 0.1) is 11.3 Å². The van der Waals surface area contributed by atoms with Crippen molar-refractivity contribution in [3.63, 3.8) is 0 Å². The van der Waals surface area contributed by atoms with Gasteiger partial charge in [0, 0.05) is 30.7 Å². The second kappa shape index (κ2) is 3.85. The summed E-state index contributed by atoms with van der Waals surface area (Å²) in [6.07, 6.45) is 1.97. The van der Waals surface area contributed by atoms with Crippen molar-refractivity contribution in [2.75, 3.05) is 6.61 Å². The molecule has 1 aliphatic rings. The molecule has 0 aromatic carbocycles. The Bertz CT molecular complexity index is 426. The van der Waals surface area contributed by atoms with E-state index >= 15 is 0 Å². The van der Waals surface area contributed by atoms with Crippen LogP contribution in [-0.4, -0.2) is 29.1 Å². The first-order valence-corrected chi connectivity index (χ1v) is 6.02.